The van der Waals surface area contributed by atoms with Crippen LogP contribution in [0.2, 0.25) is 18.1 Å². The lowest BCUT2D eigenvalue weighted by molar-refractivity contribution is -0.215. The molecule has 7 nitrogen and oxygen atoms in total. The van der Waals surface area contributed by atoms with Crippen LogP contribution in [0.4, 0.5) is 0 Å². The Morgan fingerprint density at radius 2 is 1.70 bits per heavy atom. The molecule has 1 N–H and O–H groups in total. The van der Waals surface area contributed by atoms with Crippen LogP contribution in [0.25, 0.3) is 0 Å². The molecule has 0 saturated carbocycles. The van der Waals surface area contributed by atoms with Crippen molar-refractivity contribution in [2.75, 3.05) is 41.0 Å². The number of hydrogen-bond donors (Lipinski definition) is 1. The van der Waals surface area contributed by atoms with Crippen LogP contribution in [0, 0.1) is 11.8 Å². The summed E-state index contributed by atoms with van der Waals surface area (Å²) in [6.45, 7) is 14.3. The Kier molecular flexibility index (Phi) is 11.9. The second kappa shape index (κ2) is 14.0. The van der Waals surface area contributed by atoms with Gasteiger partial charge in [-0.1, -0.05) is 51.9 Å². The van der Waals surface area contributed by atoms with Crippen molar-refractivity contribution in [2.24, 2.45) is 0 Å². The lowest BCUT2D eigenvalue weighted by atomic mass is 9.77. The predicted molar refractivity (Wildman–Crippen MR) is 148 cm³/mol. The molecular formula is C29H48O7Si. The van der Waals surface area contributed by atoms with Gasteiger partial charge in [-0.05, 0) is 50.0 Å². The van der Waals surface area contributed by atoms with Crippen molar-refractivity contribution in [3.63, 3.8) is 0 Å². The second-order valence-corrected chi connectivity index (χ2v) is 16.2. The highest BCUT2D eigenvalue weighted by atomic mass is 28.4. The third kappa shape index (κ3) is 8.44. The Hall–Kier alpha value is -1.60. The smallest absolute Gasteiger partial charge is 0.191 e. The minimum absolute atomic E-state index is 0.0212. The molecule has 0 bridgehead atoms. The fourth-order valence-electron chi connectivity index (χ4n) is 3.86. The van der Waals surface area contributed by atoms with Gasteiger partial charge in [0.2, 0.25) is 0 Å². The number of rotatable bonds is 14. The van der Waals surface area contributed by atoms with Crippen LogP contribution in [0.3, 0.4) is 0 Å². The average Bonchev–Trinajstić information content (AvgIpc) is 2.84. The Balaban J connectivity index is 1.94. The number of unbranched alkanes of at least 4 members (excludes halogenated alkanes) is 5. The van der Waals surface area contributed by atoms with Gasteiger partial charge in [0.05, 0.1) is 0 Å². The van der Waals surface area contributed by atoms with E-state index in [0.717, 1.165) is 38.7 Å². The molecular weight excluding hydrogens is 488 g/mol. The van der Waals surface area contributed by atoms with Crippen LogP contribution >= 0.6 is 0 Å². The molecule has 0 spiro atoms. The summed E-state index contributed by atoms with van der Waals surface area (Å²) in [6, 6.07) is 5.28. The summed E-state index contributed by atoms with van der Waals surface area (Å²) >= 11 is 0. The summed E-state index contributed by atoms with van der Waals surface area (Å²) < 4.78 is 33.7. The van der Waals surface area contributed by atoms with Crippen LogP contribution in [0.15, 0.2) is 18.2 Å². The molecule has 1 heterocycles. The highest BCUT2D eigenvalue weighted by molar-refractivity contribution is 6.74. The molecule has 1 aliphatic rings. The van der Waals surface area contributed by atoms with Crippen LogP contribution in [-0.4, -0.2) is 60.0 Å². The van der Waals surface area contributed by atoms with E-state index in [2.05, 4.69) is 45.7 Å². The van der Waals surface area contributed by atoms with E-state index in [4.69, 9.17) is 28.1 Å². The second-order valence-electron chi connectivity index (χ2n) is 11.4. The summed E-state index contributed by atoms with van der Waals surface area (Å²) in [4.78, 5) is 0. The third-order valence-electron chi connectivity index (χ3n) is 7.43. The first-order valence-electron chi connectivity index (χ1n) is 13.3. The van der Waals surface area contributed by atoms with E-state index >= 15 is 0 Å². The maximum atomic E-state index is 11.8. The van der Waals surface area contributed by atoms with Gasteiger partial charge in [0.25, 0.3) is 0 Å². The van der Waals surface area contributed by atoms with Gasteiger partial charge in [-0.2, -0.15) is 0 Å². The molecule has 1 aromatic rings. The highest BCUT2D eigenvalue weighted by Crippen LogP contribution is 2.45. The van der Waals surface area contributed by atoms with E-state index in [1.807, 2.05) is 0 Å². The SMILES string of the molecule is COCOc1ccc2c(c1)OCC(C)(OCOC)C2(O)C#CCCCCCCCO[Si](C)(C)C(C)(C)C. The molecule has 8 heteroatoms. The quantitative estimate of drug-likeness (QED) is 0.135. The van der Waals surface area contributed by atoms with Crippen LogP contribution in [0.5, 0.6) is 11.5 Å². The van der Waals surface area contributed by atoms with Gasteiger partial charge < -0.3 is 33.2 Å². The van der Waals surface area contributed by atoms with Gasteiger partial charge in [-0.15, -0.1) is 0 Å². The van der Waals surface area contributed by atoms with Gasteiger partial charge in [-0.3, -0.25) is 0 Å². The Labute approximate surface area is 225 Å². The fraction of sp³-hybridized carbons (Fsp3) is 0.724. The van der Waals surface area contributed by atoms with Crippen molar-refractivity contribution in [2.45, 2.75) is 95.6 Å². The topological polar surface area (TPSA) is 75.6 Å². The minimum atomic E-state index is -1.65. The molecule has 0 amide bonds. The first-order valence-corrected chi connectivity index (χ1v) is 16.2. The highest BCUT2D eigenvalue weighted by Gasteiger charge is 2.54. The van der Waals surface area contributed by atoms with Crippen molar-refractivity contribution in [3.8, 4) is 23.3 Å². The van der Waals surface area contributed by atoms with E-state index in [1.165, 1.54) is 0 Å². The normalized spacial score (nSPS) is 21.5. The van der Waals surface area contributed by atoms with Gasteiger partial charge >= 0.3 is 0 Å². The Morgan fingerprint density at radius 3 is 2.38 bits per heavy atom. The average molecular weight is 537 g/mol. The zero-order valence-electron chi connectivity index (χ0n) is 24.2. The zero-order chi connectivity index (χ0) is 27.6. The number of benzene rings is 1. The summed E-state index contributed by atoms with van der Waals surface area (Å²) in [5, 5.41) is 12.1. The molecule has 2 rings (SSSR count). The van der Waals surface area contributed by atoms with Crippen LogP contribution in [0.1, 0.15) is 71.8 Å². The Morgan fingerprint density at radius 1 is 1.03 bits per heavy atom. The standard InChI is InChI=1S/C29H48O7Si/c1-27(2,3)37(7,8)36-19-15-13-11-9-10-12-14-18-29(30)25-17-16-24(34-22-31-5)20-26(25)33-21-28(29,4)35-23-32-6/h16-17,20,30H,9-13,15,19,21-23H2,1-8H3. The summed E-state index contributed by atoms with van der Waals surface area (Å²) in [5.74, 6) is 7.44. The number of methoxy groups -OCH3 is 2. The molecule has 2 atom stereocenters. The lowest BCUT2D eigenvalue weighted by Gasteiger charge is -2.45. The van der Waals surface area contributed by atoms with Crippen LogP contribution < -0.4 is 9.47 Å². The third-order valence-corrected chi connectivity index (χ3v) is 12.0. The molecule has 37 heavy (non-hydrogen) atoms. The lowest BCUT2D eigenvalue weighted by Crippen LogP contribution is -2.57. The molecule has 1 aromatic carbocycles. The molecule has 2 unspecified atom stereocenters. The fourth-order valence-corrected chi connectivity index (χ4v) is 4.94. The first kappa shape index (κ1) is 31.6. The van der Waals surface area contributed by atoms with Gasteiger partial charge in [0, 0.05) is 38.9 Å². The number of fused-ring (bicyclic) bond motifs is 1. The summed E-state index contributed by atoms with van der Waals surface area (Å²) in [7, 11) is 1.46. The summed E-state index contributed by atoms with van der Waals surface area (Å²) in [6.07, 6.45) is 6.20. The van der Waals surface area contributed by atoms with E-state index in [1.54, 1.807) is 39.3 Å². The molecule has 0 aliphatic carbocycles. The van der Waals surface area contributed by atoms with E-state index in [9.17, 15) is 5.11 Å². The molecule has 0 radical (unpaired) electrons. The van der Waals surface area contributed by atoms with Crippen LogP contribution in [-0.2, 0) is 24.2 Å². The molecule has 1 aliphatic heterocycles. The molecule has 0 aromatic heterocycles. The largest absolute Gasteiger partial charge is 0.490 e. The van der Waals surface area contributed by atoms with Gasteiger partial charge in [0.1, 0.15) is 30.5 Å². The number of ether oxygens (including phenoxy) is 5. The van der Waals surface area contributed by atoms with Crippen molar-refractivity contribution in [1.82, 2.24) is 0 Å². The maximum Gasteiger partial charge on any atom is 0.191 e. The number of hydrogen-bond acceptors (Lipinski definition) is 7. The van der Waals surface area contributed by atoms with Crippen molar-refractivity contribution in [3.05, 3.63) is 23.8 Å². The minimum Gasteiger partial charge on any atom is -0.490 e. The van der Waals surface area contributed by atoms with E-state index in [0.29, 0.717) is 23.5 Å². The van der Waals surface area contributed by atoms with E-state index in [-0.39, 0.29) is 25.2 Å². The molecule has 0 saturated heterocycles. The monoisotopic (exact) mass is 536 g/mol. The molecule has 0 fully saturated rings. The number of aliphatic hydroxyl groups is 1. The zero-order valence-corrected chi connectivity index (χ0v) is 25.2. The first-order chi connectivity index (χ1) is 17.4. The van der Waals surface area contributed by atoms with Crippen molar-refractivity contribution >= 4 is 8.32 Å². The van der Waals surface area contributed by atoms with Crippen molar-refractivity contribution < 1.29 is 33.2 Å². The van der Waals surface area contributed by atoms with Gasteiger partial charge in [0.15, 0.2) is 20.7 Å². The molecule has 210 valence electrons. The van der Waals surface area contributed by atoms with Gasteiger partial charge in [-0.25, -0.2) is 0 Å². The maximum absolute atomic E-state index is 11.8. The Bertz CT molecular complexity index is 902. The summed E-state index contributed by atoms with van der Waals surface area (Å²) in [5.41, 5.74) is -2.10. The van der Waals surface area contributed by atoms with Crippen molar-refractivity contribution in [1.29, 1.82) is 0 Å². The predicted octanol–water partition coefficient (Wildman–Crippen LogP) is 5.99. The van der Waals surface area contributed by atoms with E-state index < -0.39 is 19.5 Å².